The van der Waals surface area contributed by atoms with E-state index in [1.807, 2.05) is 53.4 Å². The molecule has 0 aliphatic carbocycles. The van der Waals surface area contributed by atoms with Crippen molar-refractivity contribution in [2.24, 2.45) is 32.9 Å². The number of carbonyl (C=O) groups excluding carboxylic acids is 4. The van der Waals surface area contributed by atoms with Gasteiger partial charge in [0.05, 0.1) is 49.7 Å². The Hall–Kier alpha value is -8.56. The van der Waals surface area contributed by atoms with Crippen molar-refractivity contribution >= 4 is 104 Å². The highest BCUT2D eigenvalue weighted by atomic mass is 35.5. The number of hydrogen-bond acceptors (Lipinski definition) is 32. The van der Waals surface area contributed by atoms with Crippen molar-refractivity contribution in [3.8, 4) is 0 Å². The number of carbonyl (C=O) groups is 4. The van der Waals surface area contributed by atoms with Gasteiger partial charge in [0.15, 0.2) is 56.9 Å². The maximum atomic E-state index is 12.5. The Bertz CT molecular complexity index is 4160. The second-order valence-corrected chi connectivity index (χ2v) is 30.0. The number of amides is 4. The number of anilines is 4. The molecule has 40 heteroatoms. The van der Waals surface area contributed by atoms with E-state index < -0.39 is 122 Å². The molecule has 0 bridgehead atoms. The van der Waals surface area contributed by atoms with Gasteiger partial charge in [0.1, 0.15) is 48.8 Å². The average Bonchev–Trinajstić information content (AvgIpc) is 0.770. The van der Waals surface area contributed by atoms with Crippen LogP contribution in [0.25, 0.3) is 21.5 Å². The lowest BCUT2D eigenvalue weighted by atomic mass is 9.93. The minimum Gasteiger partial charge on any atom is -0.394 e. The molecule has 0 saturated heterocycles. The van der Waals surface area contributed by atoms with Crippen LogP contribution in [-0.4, -0.2) is 301 Å². The van der Waals surface area contributed by atoms with E-state index in [4.69, 9.17) is 79.3 Å². The zero-order valence-corrected chi connectivity index (χ0v) is 68.9. The molecule has 4 aromatic carbocycles. The Labute approximate surface area is 708 Å². The monoisotopic (exact) mass is 1730 g/mol. The summed E-state index contributed by atoms with van der Waals surface area (Å²) in [4.78, 5) is 77.1. The molecular weight excluding hydrogens is 1600 g/mol. The second kappa shape index (κ2) is 54.0. The molecule has 34 N–H and O–H groups in total. The number of nitrogens with two attached hydrogens (primary N) is 8. The molecule has 0 aliphatic rings. The van der Waals surface area contributed by atoms with E-state index in [-0.39, 0.29) is 103 Å². The molecular formula is C80H128Cl2N20O18. The Morgan fingerprint density at radius 2 is 0.750 bits per heavy atom. The molecule has 120 heavy (non-hydrogen) atoms. The van der Waals surface area contributed by atoms with Crippen molar-refractivity contribution < 1.29 is 90.7 Å². The van der Waals surface area contributed by atoms with Gasteiger partial charge in [-0.2, -0.15) is 0 Å². The van der Waals surface area contributed by atoms with Crippen LogP contribution in [0.1, 0.15) is 148 Å². The lowest BCUT2D eigenvalue weighted by Crippen LogP contribution is -2.53. The number of nitrogens with one attached hydrogen (secondary N) is 4. The zero-order chi connectivity index (χ0) is 88.0. The number of nitrogens with zero attached hydrogens (tertiary/aromatic N) is 8. The van der Waals surface area contributed by atoms with E-state index in [0.717, 1.165) is 89.6 Å². The molecule has 0 spiro atoms. The number of hydrogen-bond donors (Lipinski definition) is 26. The molecule has 0 saturated carbocycles. The first-order valence-electron chi connectivity index (χ1n) is 39.9. The summed E-state index contributed by atoms with van der Waals surface area (Å²) < 4.78 is 0. The number of aliphatic imine (C=N–C) groups is 2. The smallest absolute Gasteiger partial charge is 0.280 e. The topological polar surface area (TPSA) is 691 Å². The highest BCUT2D eigenvalue weighted by Gasteiger charge is 2.36. The Balaban J connectivity index is 0.000000502. The van der Waals surface area contributed by atoms with Crippen LogP contribution in [-0.2, 0) is 35.3 Å². The van der Waals surface area contributed by atoms with Crippen LogP contribution in [0.5, 0.6) is 0 Å². The number of aliphatic hydroxyl groups is 14. The minimum absolute atomic E-state index is 0. The van der Waals surface area contributed by atoms with Crippen LogP contribution in [0.15, 0.2) is 82.8 Å². The quantitative estimate of drug-likeness (QED) is 0.0113. The number of halogens is 2. The predicted molar refractivity (Wildman–Crippen MR) is 462 cm³/mol. The Morgan fingerprint density at radius 3 is 1.10 bits per heavy atom. The van der Waals surface area contributed by atoms with Gasteiger partial charge >= 0.3 is 0 Å². The van der Waals surface area contributed by atoms with Crippen LogP contribution in [0.2, 0.25) is 10.3 Å². The normalized spacial score (nSPS) is 15.6. The molecule has 670 valence electrons. The lowest BCUT2D eigenvalue weighted by Gasteiger charge is -2.33. The Kier molecular flexibility index (Phi) is 46.7. The summed E-state index contributed by atoms with van der Waals surface area (Å²) in [5, 5.41) is 156. The fourth-order valence-electron chi connectivity index (χ4n) is 13.3. The summed E-state index contributed by atoms with van der Waals surface area (Å²) in [6, 6.07) is 23.0. The first kappa shape index (κ1) is 104. The molecule has 6 rings (SSSR count). The van der Waals surface area contributed by atoms with E-state index in [9.17, 15) is 80.5 Å². The van der Waals surface area contributed by atoms with E-state index in [1.54, 1.807) is 6.92 Å². The van der Waals surface area contributed by atoms with Crippen LogP contribution in [0, 0.1) is 0 Å². The molecule has 14 atom stereocenters. The van der Waals surface area contributed by atoms with Gasteiger partial charge in [-0.05, 0) is 166 Å². The van der Waals surface area contributed by atoms with Gasteiger partial charge in [0.25, 0.3) is 11.8 Å². The van der Waals surface area contributed by atoms with Crippen LogP contribution in [0.3, 0.4) is 0 Å². The number of aromatic nitrogens is 4. The number of aryl methyl sites for hydroxylation is 4. The molecule has 12 unspecified atom stereocenters. The van der Waals surface area contributed by atoms with Crippen molar-refractivity contribution in [3.63, 3.8) is 0 Å². The van der Waals surface area contributed by atoms with Crippen molar-refractivity contribution in [3.05, 3.63) is 117 Å². The molecule has 6 aromatic rings. The van der Waals surface area contributed by atoms with Crippen molar-refractivity contribution in [2.75, 3.05) is 102 Å². The van der Waals surface area contributed by atoms with Gasteiger partial charge < -0.3 is 133 Å². The number of guanidine groups is 2. The highest BCUT2D eigenvalue weighted by molar-refractivity contribution is 6.32. The SMILES string of the molecule is C.CCC(O)C(O)C(O)C(O)CN(CCCN[C@H](CCc1ccc(CCCCN=C(N)NC(=O)c2nc(Cl)c(N)nc2N)c2ccccc12)C(N)=O)CC(O)C(O)C(O)C(O)CO.CCCCCCN(CCCN[C@H](CCc1ccc(CCCCN=C(N)NC(=O)c2nc(Cl)c(N)nc2N)c2ccccc12)C(N)=O)CC(O)C(O)C(O)C(O)CO. The van der Waals surface area contributed by atoms with Crippen LogP contribution in [0.4, 0.5) is 23.3 Å². The summed E-state index contributed by atoms with van der Waals surface area (Å²) in [5.41, 5.74) is 49.9. The Morgan fingerprint density at radius 1 is 0.417 bits per heavy atom. The molecule has 0 fully saturated rings. The number of fused-ring (bicyclic) bond motifs is 2. The number of rotatable bonds is 53. The third-order valence-electron chi connectivity index (χ3n) is 20.3. The van der Waals surface area contributed by atoms with Crippen molar-refractivity contribution in [2.45, 2.75) is 216 Å². The van der Waals surface area contributed by atoms with E-state index >= 15 is 0 Å². The molecule has 38 nitrogen and oxygen atoms in total. The van der Waals surface area contributed by atoms with Gasteiger partial charge in [-0.1, -0.05) is 137 Å². The predicted octanol–water partition coefficient (Wildman–Crippen LogP) is -1.89. The summed E-state index contributed by atoms with van der Waals surface area (Å²) in [6.07, 6.45) is -8.12. The van der Waals surface area contributed by atoms with Crippen LogP contribution >= 0.6 is 23.2 Å². The third-order valence-corrected chi connectivity index (χ3v) is 20.8. The standard InChI is InChI=1S/C40H63ClN10O11.C39H61ClN10O7.CH4/c1-2-26(53)31(57)32(58)27(54)18-51(19-28(55)33(59)34(60)29(56)20-52)17-7-16-46-25(38(44)61)14-13-22-12-11-21(23-9-3-4-10-24(22)23)8-5-6-15-47-40(45)50-39(62)30-36(42)49-37(43)35(41)48-30;1-2-3-4-9-20-50(22-29(52)32(54)33(55)30(53)23-51)21-10-19-45-28(37(43)56)17-16-25-15-14-24(26-12-5-6-13-27(25)26)11-7-8-18-46-39(44)49-38(57)31-35(41)48-36(42)34(40)47-31;/h3-4,9-12,25-29,31-34,46,52-60H,2,5-8,13-20H2,1H3,(H2,44,61)(H4,42,43,49)(H3,45,47,50,62);5-6,12-15,28-30,32-33,45,51-55H,2-4,7-11,16-23H2,1H3,(H2,43,56)(H4,41,42,48)(H3,44,46,49,57);1H4/t25-,26?,27?,28?,29?,31?,32?,33?,34?;28-,29?,30?,32?,33?;/m11./s1. The van der Waals surface area contributed by atoms with Gasteiger partial charge in [-0.25, -0.2) is 19.9 Å². The fraction of sp³-hybridized carbons (Fsp3) is 0.575. The summed E-state index contributed by atoms with van der Waals surface area (Å²) in [6.45, 7) is 4.26. The second-order valence-electron chi connectivity index (χ2n) is 29.3. The van der Waals surface area contributed by atoms with E-state index in [1.165, 1.54) is 10.5 Å². The van der Waals surface area contributed by atoms with E-state index in [0.29, 0.717) is 84.1 Å². The number of unbranched alkanes of at least 4 members (excludes halogenated alkanes) is 5. The molecule has 4 amide bonds. The molecule has 2 aromatic heterocycles. The maximum Gasteiger partial charge on any atom is 0.280 e. The highest BCUT2D eigenvalue weighted by Crippen LogP contribution is 2.29. The zero-order valence-electron chi connectivity index (χ0n) is 67.4. The van der Waals surface area contributed by atoms with Gasteiger partial charge in [-0.3, -0.25) is 44.7 Å². The lowest BCUT2D eigenvalue weighted by molar-refractivity contribution is -0.127. The maximum absolute atomic E-state index is 12.5. The number of aliphatic hydroxyl groups excluding tert-OH is 14. The summed E-state index contributed by atoms with van der Waals surface area (Å²) >= 11 is 11.7. The molecule has 0 aliphatic heterocycles. The van der Waals surface area contributed by atoms with Crippen molar-refractivity contribution in [1.82, 2.24) is 51.0 Å². The average molecular weight is 1730 g/mol. The molecule has 2 heterocycles. The van der Waals surface area contributed by atoms with Gasteiger partial charge in [0, 0.05) is 32.7 Å². The number of primary amides is 2. The summed E-state index contributed by atoms with van der Waals surface area (Å²) in [5.74, 6) is -3.22. The third kappa shape index (κ3) is 33.7. The van der Waals surface area contributed by atoms with Gasteiger partial charge in [-0.15, -0.1) is 0 Å². The van der Waals surface area contributed by atoms with E-state index in [2.05, 4.69) is 82.4 Å². The largest absolute Gasteiger partial charge is 0.394 e. The molecule has 0 radical (unpaired) electrons. The van der Waals surface area contributed by atoms with Crippen LogP contribution < -0.4 is 67.1 Å². The fourth-order valence-corrected chi connectivity index (χ4v) is 13.6. The number of nitrogen functional groups attached to an aromatic ring is 4. The first-order chi connectivity index (χ1) is 56.7. The van der Waals surface area contributed by atoms with Gasteiger partial charge in [0.2, 0.25) is 11.8 Å². The summed E-state index contributed by atoms with van der Waals surface area (Å²) in [7, 11) is 0. The first-order valence-corrected chi connectivity index (χ1v) is 40.7. The number of benzene rings is 4. The minimum atomic E-state index is -1.89. The van der Waals surface area contributed by atoms with Crippen molar-refractivity contribution in [1.29, 1.82) is 0 Å².